The average molecular weight is 200 g/mol. The van der Waals surface area contributed by atoms with Crippen LogP contribution in [0.15, 0.2) is 0 Å². The van der Waals surface area contributed by atoms with Crippen molar-refractivity contribution in [2.75, 3.05) is 0 Å². The number of hydrogen-bond acceptors (Lipinski definition) is 1. The molecule has 0 rings (SSSR count). The highest BCUT2D eigenvalue weighted by Crippen LogP contribution is 2.06. The van der Waals surface area contributed by atoms with E-state index >= 15 is 0 Å². The molecule has 0 aromatic heterocycles. The summed E-state index contributed by atoms with van der Waals surface area (Å²) in [4.78, 5) is 11.5. The minimum absolute atomic E-state index is 0.0784. The summed E-state index contributed by atoms with van der Waals surface area (Å²) in [5.41, 5.74) is -0.167. The van der Waals surface area contributed by atoms with Crippen molar-refractivity contribution in [3.8, 4) is 0 Å². The van der Waals surface area contributed by atoms with Gasteiger partial charge in [0.1, 0.15) is 0 Å². The van der Waals surface area contributed by atoms with Crippen LogP contribution in [0.5, 0.6) is 0 Å². The van der Waals surface area contributed by atoms with Gasteiger partial charge < -0.3 is 10.6 Å². The predicted molar refractivity (Wildman–Crippen MR) is 60.3 cm³/mol. The summed E-state index contributed by atoms with van der Waals surface area (Å²) in [5, 5.41) is 5.82. The molecule has 84 valence electrons. The lowest BCUT2D eigenvalue weighted by molar-refractivity contribution is 0.224. The van der Waals surface area contributed by atoms with E-state index in [1.165, 1.54) is 0 Å². The molecule has 2 amide bonds. The third-order valence-corrected chi connectivity index (χ3v) is 2.34. The summed E-state index contributed by atoms with van der Waals surface area (Å²) >= 11 is 0. The van der Waals surface area contributed by atoms with Crippen molar-refractivity contribution in [2.45, 2.75) is 59.5 Å². The van der Waals surface area contributed by atoms with Gasteiger partial charge >= 0.3 is 6.03 Å². The molecule has 0 aromatic rings. The first kappa shape index (κ1) is 13.3. The summed E-state index contributed by atoms with van der Waals surface area (Å²) in [7, 11) is 0. The second-order valence-corrected chi connectivity index (χ2v) is 5.02. The van der Waals surface area contributed by atoms with Crippen LogP contribution in [-0.4, -0.2) is 17.6 Å². The van der Waals surface area contributed by atoms with Crippen LogP contribution in [0.25, 0.3) is 0 Å². The van der Waals surface area contributed by atoms with Crippen LogP contribution in [0.1, 0.15) is 48.0 Å². The van der Waals surface area contributed by atoms with Gasteiger partial charge in [-0.15, -0.1) is 0 Å². The number of carbonyl (C=O) groups is 1. The molecule has 3 heteroatoms. The fourth-order valence-electron chi connectivity index (χ4n) is 1.08. The van der Waals surface area contributed by atoms with Gasteiger partial charge in [-0.05, 0) is 33.6 Å². The lowest BCUT2D eigenvalue weighted by Crippen LogP contribution is -2.50. The first-order chi connectivity index (χ1) is 6.26. The molecule has 0 aliphatic carbocycles. The van der Waals surface area contributed by atoms with Gasteiger partial charge in [0.2, 0.25) is 0 Å². The number of urea groups is 1. The molecule has 0 aliphatic heterocycles. The van der Waals surface area contributed by atoms with Crippen molar-refractivity contribution in [3.63, 3.8) is 0 Å². The molecule has 2 N–H and O–H groups in total. The molecule has 0 spiro atoms. The zero-order chi connectivity index (χ0) is 11.4. The zero-order valence-electron chi connectivity index (χ0n) is 10.3. The minimum Gasteiger partial charge on any atom is -0.335 e. The van der Waals surface area contributed by atoms with Gasteiger partial charge in [0.05, 0.1) is 0 Å². The van der Waals surface area contributed by atoms with E-state index in [-0.39, 0.29) is 17.6 Å². The van der Waals surface area contributed by atoms with E-state index in [2.05, 4.69) is 24.5 Å². The third-order valence-electron chi connectivity index (χ3n) is 2.34. The molecule has 0 aliphatic rings. The van der Waals surface area contributed by atoms with Gasteiger partial charge in [-0.3, -0.25) is 0 Å². The maximum atomic E-state index is 11.5. The molecule has 14 heavy (non-hydrogen) atoms. The Balaban J connectivity index is 3.95. The molecule has 0 heterocycles. The summed E-state index contributed by atoms with van der Waals surface area (Å²) < 4.78 is 0. The summed E-state index contributed by atoms with van der Waals surface area (Å²) in [6.07, 6.45) is 1.08. The van der Waals surface area contributed by atoms with E-state index in [1.807, 2.05) is 27.7 Å². The molecule has 0 bridgehead atoms. The summed E-state index contributed by atoms with van der Waals surface area (Å²) in [6, 6.07) is 0.146. The quantitative estimate of drug-likeness (QED) is 0.722. The highest BCUT2D eigenvalue weighted by molar-refractivity contribution is 5.74. The topological polar surface area (TPSA) is 41.1 Å². The van der Waals surface area contributed by atoms with Crippen molar-refractivity contribution in [3.05, 3.63) is 0 Å². The first-order valence-corrected chi connectivity index (χ1v) is 5.35. The van der Waals surface area contributed by atoms with Crippen molar-refractivity contribution < 1.29 is 4.79 Å². The minimum atomic E-state index is -0.167. The monoisotopic (exact) mass is 200 g/mol. The Kier molecular flexibility index (Phi) is 4.95. The van der Waals surface area contributed by atoms with Crippen molar-refractivity contribution in [1.29, 1.82) is 0 Å². The largest absolute Gasteiger partial charge is 0.335 e. The third kappa shape index (κ3) is 5.84. The van der Waals surface area contributed by atoms with E-state index in [4.69, 9.17) is 0 Å². The molecule has 2 atom stereocenters. The van der Waals surface area contributed by atoms with Gasteiger partial charge in [-0.2, -0.15) is 0 Å². The van der Waals surface area contributed by atoms with Crippen molar-refractivity contribution in [1.82, 2.24) is 10.6 Å². The molecule has 0 radical (unpaired) electrons. The fourth-order valence-corrected chi connectivity index (χ4v) is 1.08. The van der Waals surface area contributed by atoms with Gasteiger partial charge in [-0.25, -0.2) is 4.79 Å². The molecular formula is C11H24N2O. The predicted octanol–water partition coefficient (Wildman–Crippen LogP) is 2.52. The Bertz CT molecular complexity index is 184. The van der Waals surface area contributed by atoms with Crippen LogP contribution >= 0.6 is 0 Å². The maximum absolute atomic E-state index is 11.5. The Morgan fingerprint density at radius 2 is 1.79 bits per heavy atom. The lowest BCUT2D eigenvalue weighted by atomic mass is 10.0. The van der Waals surface area contributed by atoms with Crippen molar-refractivity contribution >= 4 is 6.03 Å². The normalized spacial score (nSPS) is 15.9. The van der Waals surface area contributed by atoms with Gasteiger partial charge in [0.25, 0.3) is 0 Å². The molecular weight excluding hydrogens is 176 g/mol. The Morgan fingerprint density at radius 1 is 1.29 bits per heavy atom. The van der Waals surface area contributed by atoms with Crippen LogP contribution in [0, 0.1) is 5.92 Å². The fraction of sp³-hybridized carbons (Fsp3) is 0.909. The molecule has 0 saturated heterocycles. The molecule has 3 nitrogen and oxygen atoms in total. The van der Waals surface area contributed by atoms with E-state index in [0.29, 0.717) is 5.92 Å². The summed E-state index contributed by atoms with van der Waals surface area (Å²) in [5.74, 6) is 0.515. The number of hydrogen-bond donors (Lipinski definition) is 2. The highest BCUT2D eigenvalue weighted by atomic mass is 16.2. The van der Waals surface area contributed by atoms with Crippen molar-refractivity contribution in [2.24, 2.45) is 5.92 Å². The standard InChI is InChI=1S/C11H24N2O/c1-7-8(2)9(3)12-10(14)13-11(4,5)6/h8-9H,7H2,1-6H3,(H2,12,13,14). The van der Waals surface area contributed by atoms with E-state index < -0.39 is 0 Å². The number of carbonyl (C=O) groups excluding carboxylic acids is 1. The molecule has 0 fully saturated rings. The maximum Gasteiger partial charge on any atom is 0.315 e. The van der Waals surface area contributed by atoms with Gasteiger partial charge in [-0.1, -0.05) is 20.3 Å². The lowest BCUT2D eigenvalue weighted by Gasteiger charge is -2.25. The SMILES string of the molecule is CCC(C)C(C)NC(=O)NC(C)(C)C. The Morgan fingerprint density at radius 3 is 2.14 bits per heavy atom. The Hall–Kier alpha value is -0.730. The second kappa shape index (κ2) is 5.23. The molecule has 0 aromatic carbocycles. The van der Waals surface area contributed by atoms with Crippen LogP contribution in [0.4, 0.5) is 4.79 Å². The molecule has 0 saturated carbocycles. The van der Waals surface area contributed by atoms with E-state index in [9.17, 15) is 4.79 Å². The van der Waals surface area contributed by atoms with Crippen LogP contribution in [0.2, 0.25) is 0 Å². The van der Waals surface area contributed by atoms with Crippen LogP contribution in [-0.2, 0) is 0 Å². The second-order valence-electron chi connectivity index (χ2n) is 5.02. The molecule has 2 unspecified atom stereocenters. The number of rotatable bonds is 3. The Labute approximate surface area is 87.6 Å². The zero-order valence-corrected chi connectivity index (χ0v) is 10.3. The number of amides is 2. The number of nitrogens with one attached hydrogen (secondary N) is 2. The van der Waals surface area contributed by atoms with E-state index in [0.717, 1.165) is 6.42 Å². The smallest absolute Gasteiger partial charge is 0.315 e. The van der Waals surface area contributed by atoms with Crippen LogP contribution < -0.4 is 10.6 Å². The van der Waals surface area contributed by atoms with E-state index in [1.54, 1.807) is 0 Å². The highest BCUT2D eigenvalue weighted by Gasteiger charge is 2.17. The first-order valence-electron chi connectivity index (χ1n) is 5.35. The van der Waals surface area contributed by atoms with Gasteiger partial charge in [0.15, 0.2) is 0 Å². The van der Waals surface area contributed by atoms with Gasteiger partial charge in [0, 0.05) is 11.6 Å². The average Bonchev–Trinajstić information content (AvgIpc) is 1.99. The summed E-state index contributed by atoms with van der Waals surface area (Å²) in [6.45, 7) is 12.2. The van der Waals surface area contributed by atoms with Crippen LogP contribution in [0.3, 0.4) is 0 Å².